The number of carbonyl (C=O) groups is 1. The number of rotatable bonds is 4. The molecular formula is C22H26N4O3S. The van der Waals surface area contributed by atoms with Gasteiger partial charge in [-0.3, -0.25) is 19.1 Å². The summed E-state index contributed by atoms with van der Waals surface area (Å²) in [5.74, 6) is 1.65. The quantitative estimate of drug-likeness (QED) is 0.700. The summed E-state index contributed by atoms with van der Waals surface area (Å²) in [6, 6.07) is 3.80. The number of fused-ring (bicyclic) bond motifs is 2. The molecule has 0 spiro atoms. The molecule has 0 saturated carbocycles. The van der Waals surface area contributed by atoms with Crippen LogP contribution in [0.15, 0.2) is 28.3 Å². The number of amides is 1. The minimum Gasteiger partial charge on any atom is -0.489 e. The maximum atomic E-state index is 12.9. The van der Waals surface area contributed by atoms with E-state index in [2.05, 4.69) is 4.98 Å². The van der Waals surface area contributed by atoms with Gasteiger partial charge in [0, 0.05) is 49.4 Å². The number of hydrogen-bond donors (Lipinski definition) is 0. The molecule has 1 aliphatic carbocycles. The molecular weight excluding hydrogens is 400 g/mol. The summed E-state index contributed by atoms with van der Waals surface area (Å²) in [5, 5.41) is 0.789. The van der Waals surface area contributed by atoms with Gasteiger partial charge in [0.2, 0.25) is 5.91 Å². The van der Waals surface area contributed by atoms with Crippen molar-refractivity contribution < 1.29 is 9.53 Å². The highest BCUT2D eigenvalue weighted by Crippen LogP contribution is 2.34. The van der Waals surface area contributed by atoms with E-state index in [4.69, 9.17) is 9.72 Å². The molecule has 1 amide bonds. The topological polar surface area (TPSA) is 77.3 Å². The van der Waals surface area contributed by atoms with E-state index < -0.39 is 0 Å². The maximum absolute atomic E-state index is 12.9. The lowest BCUT2D eigenvalue weighted by atomic mass is 10.1. The van der Waals surface area contributed by atoms with Gasteiger partial charge in [0.1, 0.15) is 11.9 Å². The highest BCUT2D eigenvalue weighted by molar-refractivity contribution is 7.99. The second-order valence-corrected chi connectivity index (χ2v) is 9.34. The first-order valence-electron chi connectivity index (χ1n) is 10.7. The molecule has 7 nitrogen and oxygen atoms in total. The van der Waals surface area contributed by atoms with Crippen LogP contribution < -0.4 is 10.3 Å². The molecule has 30 heavy (non-hydrogen) atoms. The molecule has 1 fully saturated rings. The molecule has 1 saturated heterocycles. The average molecular weight is 427 g/mol. The molecule has 1 atom stereocenters. The van der Waals surface area contributed by atoms with Crippen LogP contribution in [-0.2, 0) is 17.6 Å². The van der Waals surface area contributed by atoms with Crippen molar-refractivity contribution in [3.05, 3.63) is 45.6 Å². The lowest BCUT2D eigenvalue weighted by Gasteiger charge is -2.32. The van der Waals surface area contributed by atoms with Crippen LogP contribution in [0.1, 0.15) is 48.7 Å². The molecule has 158 valence electrons. The van der Waals surface area contributed by atoms with Crippen molar-refractivity contribution in [3.8, 4) is 5.75 Å². The Kier molecular flexibility index (Phi) is 5.26. The van der Waals surface area contributed by atoms with Crippen molar-refractivity contribution in [1.82, 2.24) is 19.4 Å². The molecule has 1 unspecified atom stereocenters. The summed E-state index contributed by atoms with van der Waals surface area (Å²) >= 11 is 1.60. The van der Waals surface area contributed by atoms with Gasteiger partial charge >= 0.3 is 0 Å². The van der Waals surface area contributed by atoms with Gasteiger partial charge < -0.3 is 9.64 Å². The predicted molar refractivity (Wildman–Crippen MR) is 114 cm³/mol. The van der Waals surface area contributed by atoms with Gasteiger partial charge in [-0.2, -0.15) is 0 Å². The van der Waals surface area contributed by atoms with Crippen LogP contribution in [0.25, 0.3) is 0 Å². The summed E-state index contributed by atoms with van der Waals surface area (Å²) in [5.41, 5.74) is 2.88. The van der Waals surface area contributed by atoms with Gasteiger partial charge in [-0.25, -0.2) is 4.98 Å². The van der Waals surface area contributed by atoms with Crippen LogP contribution in [0.4, 0.5) is 0 Å². The zero-order chi connectivity index (χ0) is 20.7. The number of piperidine rings is 1. The van der Waals surface area contributed by atoms with Crippen molar-refractivity contribution in [1.29, 1.82) is 0 Å². The number of aryl methyl sites for hydroxylation is 2. The Hall–Kier alpha value is -2.35. The second-order valence-electron chi connectivity index (χ2n) is 8.35. The zero-order valence-corrected chi connectivity index (χ0v) is 18.0. The number of ether oxygens (including phenoxy) is 1. The fourth-order valence-corrected chi connectivity index (χ4v) is 5.73. The first-order chi connectivity index (χ1) is 14.6. The Morgan fingerprint density at radius 3 is 2.87 bits per heavy atom. The largest absolute Gasteiger partial charge is 0.489 e. The number of aromatic nitrogens is 3. The Morgan fingerprint density at radius 1 is 1.27 bits per heavy atom. The molecule has 0 radical (unpaired) electrons. The molecule has 0 N–H and O–H groups in total. The van der Waals surface area contributed by atoms with E-state index in [0.29, 0.717) is 19.5 Å². The van der Waals surface area contributed by atoms with E-state index in [1.807, 2.05) is 24.0 Å². The number of carbonyl (C=O) groups excluding carboxylic acids is 1. The van der Waals surface area contributed by atoms with E-state index >= 15 is 0 Å². The minimum absolute atomic E-state index is 0.0779. The van der Waals surface area contributed by atoms with Gasteiger partial charge in [-0.15, -0.1) is 0 Å². The Bertz CT molecular complexity index is 1010. The van der Waals surface area contributed by atoms with E-state index in [0.717, 1.165) is 65.7 Å². The average Bonchev–Trinajstić information content (AvgIpc) is 3.38. The van der Waals surface area contributed by atoms with Crippen LogP contribution in [0.3, 0.4) is 0 Å². The Balaban J connectivity index is 1.19. The van der Waals surface area contributed by atoms with Crippen LogP contribution in [0, 0.1) is 6.92 Å². The lowest BCUT2D eigenvalue weighted by molar-refractivity contribution is -0.133. The molecule has 2 aliphatic heterocycles. The fraction of sp³-hybridized carbons (Fsp3) is 0.545. The number of hydrogen-bond acceptors (Lipinski definition) is 6. The van der Waals surface area contributed by atoms with Gasteiger partial charge in [-0.05, 0) is 38.3 Å². The summed E-state index contributed by atoms with van der Waals surface area (Å²) < 4.78 is 7.80. The maximum Gasteiger partial charge on any atom is 0.257 e. The summed E-state index contributed by atoms with van der Waals surface area (Å²) in [7, 11) is 0. The molecule has 2 aromatic heterocycles. The normalized spacial score (nSPS) is 20.8. The van der Waals surface area contributed by atoms with Crippen molar-refractivity contribution in [3.63, 3.8) is 0 Å². The molecule has 3 aliphatic rings. The number of likely N-dealkylation sites (tertiary alicyclic amines) is 1. The molecule has 5 rings (SSSR count). The smallest absolute Gasteiger partial charge is 0.257 e. The second kappa shape index (κ2) is 8.06. The van der Waals surface area contributed by atoms with E-state index in [1.54, 1.807) is 22.5 Å². The van der Waals surface area contributed by atoms with E-state index in [-0.39, 0.29) is 23.6 Å². The van der Waals surface area contributed by atoms with Gasteiger partial charge in [-0.1, -0.05) is 11.8 Å². The molecule has 4 heterocycles. The number of thioether (sulfide) groups is 1. The monoisotopic (exact) mass is 426 g/mol. The molecule has 8 heteroatoms. The van der Waals surface area contributed by atoms with Crippen molar-refractivity contribution in [2.24, 2.45) is 0 Å². The minimum atomic E-state index is -0.0870. The first kappa shape index (κ1) is 19.6. The van der Waals surface area contributed by atoms with Gasteiger partial charge in [0.25, 0.3) is 5.56 Å². The van der Waals surface area contributed by atoms with Crippen LogP contribution in [-0.4, -0.2) is 50.3 Å². The van der Waals surface area contributed by atoms with Crippen molar-refractivity contribution >= 4 is 17.7 Å². The van der Waals surface area contributed by atoms with Crippen molar-refractivity contribution in [2.75, 3.05) is 18.8 Å². The van der Waals surface area contributed by atoms with E-state index in [1.165, 1.54) is 0 Å². The summed E-state index contributed by atoms with van der Waals surface area (Å²) in [4.78, 5) is 36.7. The Labute approximate surface area is 179 Å². The SMILES string of the molecule is Cc1ccc(OC2CCN(C(=O)CC3CSc4nc5c(c(=O)n43)CCC5)CC2)cn1. The Morgan fingerprint density at radius 2 is 2.10 bits per heavy atom. The van der Waals surface area contributed by atoms with Crippen molar-refractivity contribution in [2.45, 2.75) is 62.8 Å². The lowest BCUT2D eigenvalue weighted by Crippen LogP contribution is -2.43. The van der Waals surface area contributed by atoms with E-state index in [9.17, 15) is 9.59 Å². The summed E-state index contributed by atoms with van der Waals surface area (Å²) in [6.07, 6.45) is 6.57. The number of nitrogens with zero attached hydrogens (tertiary/aromatic N) is 4. The van der Waals surface area contributed by atoms with Gasteiger partial charge in [0.05, 0.1) is 17.9 Å². The molecule has 0 bridgehead atoms. The van der Waals surface area contributed by atoms with Gasteiger partial charge in [0.15, 0.2) is 5.16 Å². The third-order valence-corrected chi connectivity index (χ3v) is 7.36. The third-order valence-electron chi connectivity index (χ3n) is 6.26. The molecule has 2 aromatic rings. The highest BCUT2D eigenvalue weighted by atomic mass is 32.2. The van der Waals surface area contributed by atoms with Crippen LogP contribution >= 0.6 is 11.8 Å². The predicted octanol–water partition coefficient (Wildman–Crippen LogP) is 2.54. The van der Waals surface area contributed by atoms with Crippen LogP contribution in [0.2, 0.25) is 0 Å². The van der Waals surface area contributed by atoms with Crippen LogP contribution in [0.5, 0.6) is 5.75 Å². The third kappa shape index (κ3) is 3.73. The first-order valence-corrected chi connectivity index (χ1v) is 11.7. The number of pyridine rings is 1. The summed E-state index contributed by atoms with van der Waals surface area (Å²) in [6.45, 7) is 3.33. The standard InChI is InChI=1S/C22H26N4O3S/c1-14-5-6-17(12-23-14)29-16-7-9-25(10-8-16)20(27)11-15-13-30-22-24-19-4-2-3-18(19)21(28)26(15)22/h5-6,12,15-16H,2-4,7-11,13H2,1H3. The highest BCUT2D eigenvalue weighted by Gasteiger charge is 2.33. The zero-order valence-electron chi connectivity index (χ0n) is 17.2. The fourth-order valence-electron chi connectivity index (χ4n) is 4.57. The molecule has 0 aromatic carbocycles.